The molecule has 6 nitrogen and oxygen atoms in total. The summed E-state index contributed by atoms with van der Waals surface area (Å²) < 4.78 is 0.881. The number of halogens is 1. The lowest BCUT2D eigenvalue weighted by Gasteiger charge is -2.25. The number of amides is 4. The molecule has 2 aromatic carbocycles. The summed E-state index contributed by atoms with van der Waals surface area (Å²) in [7, 11) is 0. The molecular weight excluding hydrogens is 422 g/mol. The lowest BCUT2D eigenvalue weighted by atomic mass is 9.87. The largest absolute Gasteiger partial charge is 0.348 e. The van der Waals surface area contributed by atoms with Crippen LogP contribution in [-0.4, -0.2) is 29.3 Å². The van der Waals surface area contributed by atoms with Gasteiger partial charge in [0, 0.05) is 4.47 Å². The van der Waals surface area contributed by atoms with E-state index >= 15 is 0 Å². The zero-order valence-electron chi connectivity index (χ0n) is 15.7. The summed E-state index contributed by atoms with van der Waals surface area (Å²) in [5.74, 6) is -0.804. The Balaban J connectivity index is 1.74. The van der Waals surface area contributed by atoms with E-state index in [1.807, 2.05) is 56.3 Å². The van der Waals surface area contributed by atoms with Crippen LogP contribution in [0.15, 0.2) is 59.1 Å². The van der Waals surface area contributed by atoms with Crippen molar-refractivity contribution >= 4 is 33.8 Å². The molecule has 1 saturated heterocycles. The monoisotopic (exact) mass is 443 g/mol. The summed E-state index contributed by atoms with van der Waals surface area (Å²) in [5, 5.41) is 5.63. The van der Waals surface area contributed by atoms with Crippen molar-refractivity contribution in [3.05, 3.63) is 70.2 Å². The molecule has 2 unspecified atom stereocenters. The molecule has 3 rings (SSSR count). The van der Waals surface area contributed by atoms with E-state index in [4.69, 9.17) is 0 Å². The second kappa shape index (κ2) is 8.14. The fourth-order valence-electron chi connectivity index (χ4n) is 3.47. The van der Waals surface area contributed by atoms with Gasteiger partial charge in [-0.25, -0.2) is 4.79 Å². The highest BCUT2D eigenvalue weighted by atomic mass is 79.9. The molecule has 0 aromatic heterocycles. The second-order valence-electron chi connectivity index (χ2n) is 6.76. The topological polar surface area (TPSA) is 78.5 Å². The molecule has 0 radical (unpaired) electrons. The summed E-state index contributed by atoms with van der Waals surface area (Å²) in [5.41, 5.74) is 0.493. The molecule has 1 heterocycles. The molecule has 4 amide bonds. The van der Waals surface area contributed by atoms with E-state index in [9.17, 15) is 14.4 Å². The van der Waals surface area contributed by atoms with Crippen LogP contribution in [0, 0.1) is 0 Å². The number of rotatable bonds is 6. The third-order valence-electron chi connectivity index (χ3n) is 5.02. The van der Waals surface area contributed by atoms with Gasteiger partial charge in [0.05, 0.1) is 6.04 Å². The number of benzene rings is 2. The first kappa shape index (κ1) is 20.1. The fourth-order valence-corrected chi connectivity index (χ4v) is 4.09. The zero-order chi connectivity index (χ0) is 20.3. The van der Waals surface area contributed by atoms with E-state index < -0.39 is 23.4 Å². The number of hydrogen-bond donors (Lipinski definition) is 2. The minimum absolute atomic E-state index is 0.270. The first-order chi connectivity index (χ1) is 13.4. The number of carbonyl (C=O) groups excluding carboxylic acids is 3. The predicted octanol–water partition coefficient (Wildman–Crippen LogP) is 3.48. The van der Waals surface area contributed by atoms with Crippen molar-refractivity contribution < 1.29 is 14.4 Å². The van der Waals surface area contributed by atoms with Gasteiger partial charge in [0.15, 0.2) is 0 Å². The Bertz CT molecular complexity index is 903. The number of urea groups is 1. The van der Waals surface area contributed by atoms with Crippen molar-refractivity contribution in [2.45, 2.75) is 31.8 Å². The van der Waals surface area contributed by atoms with Gasteiger partial charge < -0.3 is 10.6 Å². The Morgan fingerprint density at radius 1 is 1.14 bits per heavy atom. The Morgan fingerprint density at radius 3 is 2.43 bits per heavy atom. The van der Waals surface area contributed by atoms with Crippen molar-refractivity contribution in [2.24, 2.45) is 0 Å². The highest BCUT2D eigenvalue weighted by Crippen LogP contribution is 2.32. The number of hydrogen-bond acceptors (Lipinski definition) is 3. The van der Waals surface area contributed by atoms with Crippen LogP contribution in [-0.2, 0) is 15.1 Å². The van der Waals surface area contributed by atoms with Gasteiger partial charge in [-0.1, -0.05) is 71.4 Å². The third kappa shape index (κ3) is 3.67. The molecule has 0 bridgehead atoms. The van der Waals surface area contributed by atoms with Crippen molar-refractivity contribution in [1.82, 2.24) is 15.5 Å². The molecular formula is C21H22BrN3O3. The molecule has 7 heteroatoms. The first-order valence-electron chi connectivity index (χ1n) is 9.12. The van der Waals surface area contributed by atoms with E-state index in [1.54, 1.807) is 12.1 Å². The zero-order valence-corrected chi connectivity index (χ0v) is 17.3. The average Bonchev–Trinajstić information content (AvgIpc) is 2.94. The summed E-state index contributed by atoms with van der Waals surface area (Å²) in [6, 6.07) is 15.8. The number of carbonyl (C=O) groups is 3. The molecule has 0 aliphatic carbocycles. The predicted molar refractivity (Wildman–Crippen MR) is 109 cm³/mol. The average molecular weight is 444 g/mol. The molecule has 2 atom stereocenters. The van der Waals surface area contributed by atoms with E-state index in [1.165, 1.54) is 0 Å². The van der Waals surface area contributed by atoms with Crippen molar-refractivity contribution in [3.63, 3.8) is 0 Å². The van der Waals surface area contributed by atoms with Crippen LogP contribution in [0.1, 0.15) is 37.4 Å². The summed E-state index contributed by atoms with van der Waals surface area (Å²) in [6.45, 7) is 3.36. The van der Waals surface area contributed by atoms with E-state index in [0.717, 1.165) is 14.9 Å². The third-order valence-corrected chi connectivity index (χ3v) is 5.75. The van der Waals surface area contributed by atoms with E-state index in [0.29, 0.717) is 12.0 Å². The standard InChI is InChI=1S/C21H22BrN3O3/c1-3-21(15-9-5-4-6-10-15)19(27)25(20(28)24-21)13-18(26)23-14(2)16-11-7-8-12-17(16)22/h4-12,14H,3,13H2,1-2H3,(H,23,26)(H,24,28). The van der Waals surface area contributed by atoms with Gasteiger partial charge in [-0.05, 0) is 30.5 Å². The van der Waals surface area contributed by atoms with E-state index in [2.05, 4.69) is 26.6 Å². The molecule has 28 heavy (non-hydrogen) atoms. The maximum atomic E-state index is 13.1. The fraction of sp³-hybridized carbons (Fsp3) is 0.286. The van der Waals surface area contributed by atoms with Gasteiger partial charge >= 0.3 is 6.03 Å². The van der Waals surface area contributed by atoms with Gasteiger partial charge in [-0.2, -0.15) is 0 Å². The Hall–Kier alpha value is -2.67. The van der Waals surface area contributed by atoms with Gasteiger partial charge in [0.1, 0.15) is 12.1 Å². The second-order valence-corrected chi connectivity index (χ2v) is 7.61. The molecule has 2 aromatic rings. The van der Waals surface area contributed by atoms with Crippen LogP contribution in [0.25, 0.3) is 0 Å². The van der Waals surface area contributed by atoms with Crippen LogP contribution >= 0.6 is 15.9 Å². The van der Waals surface area contributed by atoms with Crippen LogP contribution < -0.4 is 10.6 Å². The van der Waals surface area contributed by atoms with Gasteiger partial charge in [-0.3, -0.25) is 14.5 Å². The van der Waals surface area contributed by atoms with Crippen molar-refractivity contribution in [1.29, 1.82) is 0 Å². The quantitative estimate of drug-likeness (QED) is 0.670. The van der Waals surface area contributed by atoms with Crippen LogP contribution in [0.3, 0.4) is 0 Å². The van der Waals surface area contributed by atoms with Crippen LogP contribution in [0.2, 0.25) is 0 Å². The molecule has 0 spiro atoms. The van der Waals surface area contributed by atoms with Gasteiger partial charge in [0.2, 0.25) is 5.91 Å². The lowest BCUT2D eigenvalue weighted by molar-refractivity contribution is -0.135. The van der Waals surface area contributed by atoms with Crippen LogP contribution in [0.5, 0.6) is 0 Å². The lowest BCUT2D eigenvalue weighted by Crippen LogP contribution is -2.45. The summed E-state index contributed by atoms with van der Waals surface area (Å²) >= 11 is 3.46. The van der Waals surface area contributed by atoms with E-state index in [-0.39, 0.29) is 12.6 Å². The van der Waals surface area contributed by atoms with Gasteiger partial charge in [0.25, 0.3) is 5.91 Å². The Labute approximate surface area is 172 Å². The van der Waals surface area contributed by atoms with Crippen LogP contribution in [0.4, 0.5) is 4.79 Å². The van der Waals surface area contributed by atoms with Crippen molar-refractivity contribution in [3.8, 4) is 0 Å². The Morgan fingerprint density at radius 2 is 1.79 bits per heavy atom. The number of imide groups is 1. The van der Waals surface area contributed by atoms with Gasteiger partial charge in [-0.15, -0.1) is 0 Å². The SMILES string of the molecule is CCC1(c2ccccc2)NC(=O)N(CC(=O)NC(C)c2ccccc2Br)C1=O. The Kier molecular flexibility index (Phi) is 5.84. The molecule has 146 valence electrons. The maximum Gasteiger partial charge on any atom is 0.325 e. The maximum absolute atomic E-state index is 13.1. The summed E-state index contributed by atoms with van der Waals surface area (Å²) in [4.78, 5) is 39.1. The minimum Gasteiger partial charge on any atom is -0.348 e. The number of nitrogens with zero attached hydrogens (tertiary/aromatic N) is 1. The highest BCUT2D eigenvalue weighted by Gasteiger charge is 2.51. The molecule has 1 aliphatic rings. The molecule has 2 N–H and O–H groups in total. The molecule has 1 fully saturated rings. The smallest absolute Gasteiger partial charge is 0.325 e. The molecule has 1 aliphatic heterocycles. The normalized spacial score (nSPS) is 20.0. The first-order valence-corrected chi connectivity index (χ1v) is 9.91. The minimum atomic E-state index is -1.13. The summed E-state index contributed by atoms with van der Waals surface area (Å²) in [6.07, 6.45) is 0.396. The number of nitrogens with one attached hydrogen (secondary N) is 2. The highest BCUT2D eigenvalue weighted by molar-refractivity contribution is 9.10. The van der Waals surface area contributed by atoms with Crippen molar-refractivity contribution in [2.75, 3.05) is 6.54 Å². The molecule has 0 saturated carbocycles.